The third kappa shape index (κ3) is 3.97. The van der Waals surface area contributed by atoms with E-state index in [0.29, 0.717) is 0 Å². The van der Waals surface area contributed by atoms with E-state index in [-0.39, 0.29) is 0 Å². The molecule has 1 aromatic heterocycles. The van der Waals surface area contributed by atoms with E-state index in [0.717, 1.165) is 21.5 Å². The van der Waals surface area contributed by atoms with Crippen molar-refractivity contribution in [1.29, 1.82) is 0 Å². The van der Waals surface area contributed by atoms with Crippen LogP contribution in [0.4, 0.5) is 0 Å². The fraction of sp³-hybridized carbons (Fsp3) is 0.250. The maximum Gasteiger partial charge on any atom is 0.184 e. The molecule has 0 amide bonds. The van der Waals surface area contributed by atoms with Crippen LogP contribution < -0.4 is 0 Å². The van der Waals surface area contributed by atoms with Crippen LogP contribution in [0.1, 0.15) is 5.01 Å². The molecule has 0 saturated carbocycles. The van der Waals surface area contributed by atoms with Crippen molar-refractivity contribution in [3.63, 3.8) is 0 Å². The van der Waals surface area contributed by atoms with Gasteiger partial charge in [0.05, 0.1) is 0 Å². The largest absolute Gasteiger partial charge is 0.184 e. The van der Waals surface area contributed by atoms with Crippen molar-refractivity contribution in [2.24, 2.45) is 0 Å². The molecule has 0 radical (unpaired) electrons. The second kappa shape index (κ2) is 6.23. The minimum Gasteiger partial charge on any atom is -0.142 e. The molecular formula is C8H10N2S3. The molecule has 1 rings (SSSR count). The Hall–Kier alpha value is -0.260. The molecule has 2 nitrogen and oxygen atoms in total. The molecule has 0 saturated heterocycles. The molecule has 0 unspecified atom stereocenters. The predicted octanol–water partition coefficient (Wildman–Crippen LogP) is 3.19. The quantitative estimate of drug-likeness (QED) is 0.426. The lowest BCUT2D eigenvalue weighted by atomic mass is 10.5. The second-order valence-electron chi connectivity index (χ2n) is 2.11. The summed E-state index contributed by atoms with van der Waals surface area (Å²) < 4.78 is 1.00. The fourth-order valence-electron chi connectivity index (χ4n) is 0.610. The second-order valence-corrected chi connectivity index (χ2v) is 5.76. The summed E-state index contributed by atoms with van der Waals surface area (Å²) in [7, 11) is 3.37. The molecule has 0 aliphatic heterocycles. The maximum absolute atomic E-state index is 4.04. The van der Waals surface area contributed by atoms with E-state index in [1.165, 1.54) is 0 Å². The Bertz CT molecular complexity index is 283. The van der Waals surface area contributed by atoms with Crippen molar-refractivity contribution in [3.05, 3.63) is 30.3 Å². The Kier molecular flexibility index (Phi) is 5.19. The lowest BCUT2D eigenvalue weighted by molar-refractivity contribution is 0.967. The van der Waals surface area contributed by atoms with Crippen LogP contribution in [0.25, 0.3) is 0 Å². The zero-order valence-corrected chi connectivity index (χ0v) is 9.55. The third-order valence-corrected chi connectivity index (χ3v) is 4.59. The molecule has 0 aliphatic rings. The first-order valence-corrected chi connectivity index (χ1v) is 6.84. The number of rotatable bonds is 6. The molecule has 1 heterocycles. The molecule has 5 heteroatoms. The van der Waals surface area contributed by atoms with Gasteiger partial charge < -0.3 is 0 Å². The van der Waals surface area contributed by atoms with Crippen LogP contribution in [-0.4, -0.2) is 16.0 Å². The van der Waals surface area contributed by atoms with Crippen molar-refractivity contribution in [1.82, 2.24) is 10.2 Å². The van der Waals surface area contributed by atoms with Gasteiger partial charge in [0.2, 0.25) is 0 Å². The van der Waals surface area contributed by atoms with Crippen molar-refractivity contribution in [2.75, 3.05) is 5.75 Å². The Balaban J connectivity index is 2.39. The first kappa shape index (κ1) is 10.8. The van der Waals surface area contributed by atoms with Crippen molar-refractivity contribution in [2.45, 2.75) is 10.8 Å². The van der Waals surface area contributed by atoms with Gasteiger partial charge in [-0.3, -0.25) is 0 Å². The standard InChI is InChI=1S/C8H10N2S3/c1-3-5-7-9-10-8(12-7)13-11-6-4-2/h3-4H,1-2,5-6H2. The van der Waals surface area contributed by atoms with Gasteiger partial charge in [-0.05, 0) is 10.8 Å². The number of hydrogen-bond acceptors (Lipinski definition) is 5. The average Bonchev–Trinajstić information content (AvgIpc) is 2.54. The highest BCUT2D eigenvalue weighted by Gasteiger charge is 2.02. The summed E-state index contributed by atoms with van der Waals surface area (Å²) in [6.45, 7) is 7.30. The van der Waals surface area contributed by atoms with E-state index in [1.54, 1.807) is 32.9 Å². The minimum absolute atomic E-state index is 0.810. The highest BCUT2D eigenvalue weighted by molar-refractivity contribution is 8.77. The number of allylic oxidation sites excluding steroid dienone is 1. The van der Waals surface area contributed by atoms with Crippen LogP contribution in [0.3, 0.4) is 0 Å². The third-order valence-electron chi connectivity index (χ3n) is 1.08. The smallest absolute Gasteiger partial charge is 0.142 e. The Morgan fingerprint density at radius 3 is 2.85 bits per heavy atom. The topological polar surface area (TPSA) is 25.8 Å². The van der Waals surface area contributed by atoms with Crippen molar-refractivity contribution in [3.8, 4) is 0 Å². The summed E-state index contributed by atoms with van der Waals surface area (Å²) in [6.07, 6.45) is 4.53. The van der Waals surface area contributed by atoms with Crippen molar-refractivity contribution >= 4 is 32.9 Å². The molecule has 0 atom stereocenters. The lowest BCUT2D eigenvalue weighted by Crippen LogP contribution is -1.76. The fourth-order valence-corrected chi connectivity index (χ4v) is 3.57. The van der Waals surface area contributed by atoms with Gasteiger partial charge in [0, 0.05) is 12.2 Å². The van der Waals surface area contributed by atoms with E-state index in [9.17, 15) is 0 Å². The average molecular weight is 230 g/mol. The summed E-state index contributed by atoms with van der Waals surface area (Å²) in [5.74, 6) is 0.932. The minimum atomic E-state index is 0.810. The molecule has 0 fully saturated rings. The molecule has 0 aromatic carbocycles. The van der Waals surface area contributed by atoms with Gasteiger partial charge >= 0.3 is 0 Å². The highest BCUT2D eigenvalue weighted by atomic mass is 33.1. The number of nitrogens with zero attached hydrogens (tertiary/aromatic N) is 2. The normalized spacial score (nSPS) is 9.85. The molecule has 1 aromatic rings. The van der Waals surface area contributed by atoms with Gasteiger partial charge in [-0.15, -0.1) is 23.4 Å². The molecule has 70 valence electrons. The first-order valence-electron chi connectivity index (χ1n) is 3.70. The molecule has 0 aliphatic carbocycles. The zero-order valence-electron chi connectivity index (χ0n) is 7.10. The van der Waals surface area contributed by atoms with Gasteiger partial charge in [-0.2, -0.15) is 0 Å². The Morgan fingerprint density at radius 2 is 2.15 bits per heavy atom. The zero-order chi connectivity index (χ0) is 9.52. The van der Waals surface area contributed by atoms with Gasteiger partial charge in [-0.1, -0.05) is 34.3 Å². The summed E-state index contributed by atoms with van der Waals surface area (Å²) in [4.78, 5) is 0. The Morgan fingerprint density at radius 1 is 1.31 bits per heavy atom. The molecule has 13 heavy (non-hydrogen) atoms. The van der Waals surface area contributed by atoms with Crippen LogP contribution in [-0.2, 0) is 6.42 Å². The first-order chi connectivity index (χ1) is 6.36. The summed E-state index contributed by atoms with van der Waals surface area (Å²) in [5.41, 5.74) is 0. The van der Waals surface area contributed by atoms with Crippen LogP contribution in [0, 0.1) is 0 Å². The van der Waals surface area contributed by atoms with E-state index in [2.05, 4.69) is 23.4 Å². The van der Waals surface area contributed by atoms with Gasteiger partial charge in [0.25, 0.3) is 0 Å². The van der Waals surface area contributed by atoms with Crippen LogP contribution in [0.5, 0.6) is 0 Å². The maximum atomic E-state index is 4.04. The SMILES string of the molecule is C=CCSSc1nnc(CC=C)s1. The van der Waals surface area contributed by atoms with Crippen LogP contribution in [0.2, 0.25) is 0 Å². The lowest BCUT2D eigenvalue weighted by Gasteiger charge is -1.88. The molecule has 0 N–H and O–H groups in total. The van der Waals surface area contributed by atoms with Crippen molar-refractivity contribution < 1.29 is 0 Å². The monoisotopic (exact) mass is 230 g/mol. The van der Waals surface area contributed by atoms with Gasteiger partial charge in [0.1, 0.15) is 5.01 Å². The summed E-state index contributed by atoms with van der Waals surface area (Å²) in [6, 6.07) is 0. The Labute approximate surface area is 89.9 Å². The predicted molar refractivity (Wildman–Crippen MR) is 62.3 cm³/mol. The number of aromatic nitrogens is 2. The number of hydrogen-bond donors (Lipinski definition) is 0. The molecule has 0 bridgehead atoms. The molecular weight excluding hydrogens is 220 g/mol. The highest BCUT2D eigenvalue weighted by Crippen LogP contribution is 2.32. The molecule has 0 spiro atoms. The summed E-state index contributed by atoms with van der Waals surface area (Å²) >= 11 is 1.62. The summed E-state index contributed by atoms with van der Waals surface area (Å²) in [5, 5.41) is 9.08. The van der Waals surface area contributed by atoms with E-state index >= 15 is 0 Å². The van der Waals surface area contributed by atoms with E-state index < -0.39 is 0 Å². The van der Waals surface area contributed by atoms with E-state index in [1.807, 2.05) is 12.2 Å². The van der Waals surface area contributed by atoms with Gasteiger partial charge in [-0.25, -0.2) is 0 Å². The van der Waals surface area contributed by atoms with Crippen LogP contribution >= 0.6 is 32.9 Å². The van der Waals surface area contributed by atoms with E-state index in [4.69, 9.17) is 0 Å². The van der Waals surface area contributed by atoms with Gasteiger partial charge in [0.15, 0.2) is 4.34 Å². The van der Waals surface area contributed by atoms with Crippen LogP contribution in [0.15, 0.2) is 29.6 Å².